The monoisotopic (exact) mass is 679 g/mol. The molecule has 1 aliphatic rings. The maximum atomic E-state index is 13.9. The molecule has 4 atom stereocenters. The van der Waals surface area contributed by atoms with Gasteiger partial charge in [-0.05, 0) is 68.5 Å². The number of unbranched alkanes of at least 4 members (excludes halogenated alkanes) is 1. The van der Waals surface area contributed by atoms with E-state index in [1.54, 1.807) is 0 Å². The molecule has 0 saturated carbocycles. The number of amides is 4. The SMILES string of the molecule is CC(C)C[C@@H](NC(=O)[C@@H](Cc1ccccc1)NC(=O)[C@@H](N)Cc1ccccc1)C(=O)N[C@H](CCCCN)C(=O)N1CCC(N)(C(=O)O)CC1. The Balaban J connectivity index is 1.77. The molecule has 0 spiro atoms. The van der Waals surface area contributed by atoms with Gasteiger partial charge in [0.25, 0.3) is 0 Å². The Bertz CT molecular complexity index is 1380. The van der Waals surface area contributed by atoms with E-state index in [2.05, 4.69) is 16.0 Å². The van der Waals surface area contributed by atoms with Crippen molar-refractivity contribution >= 4 is 29.6 Å². The van der Waals surface area contributed by atoms with Crippen molar-refractivity contribution in [3.05, 3.63) is 71.8 Å². The minimum Gasteiger partial charge on any atom is -0.480 e. The number of likely N-dealkylation sites (tertiary alicyclic amines) is 1. The maximum absolute atomic E-state index is 13.9. The number of benzene rings is 2. The van der Waals surface area contributed by atoms with E-state index >= 15 is 0 Å². The van der Waals surface area contributed by atoms with Crippen molar-refractivity contribution in [2.24, 2.45) is 23.1 Å². The fourth-order valence-electron chi connectivity index (χ4n) is 5.86. The van der Waals surface area contributed by atoms with Crippen LogP contribution >= 0.6 is 0 Å². The number of carboxylic acids is 1. The van der Waals surface area contributed by atoms with Crippen molar-refractivity contribution in [3.63, 3.8) is 0 Å². The Morgan fingerprint density at radius 2 is 1.29 bits per heavy atom. The van der Waals surface area contributed by atoms with Crippen molar-refractivity contribution in [1.82, 2.24) is 20.9 Å². The average molecular weight is 680 g/mol. The molecule has 0 unspecified atom stereocenters. The van der Waals surface area contributed by atoms with Crippen LogP contribution in [0.5, 0.6) is 0 Å². The summed E-state index contributed by atoms with van der Waals surface area (Å²) in [6, 6.07) is 14.7. The number of nitrogens with two attached hydrogens (primary N) is 3. The van der Waals surface area contributed by atoms with Crippen LogP contribution in [-0.2, 0) is 36.8 Å². The van der Waals surface area contributed by atoms with Crippen molar-refractivity contribution in [2.75, 3.05) is 19.6 Å². The highest BCUT2D eigenvalue weighted by molar-refractivity contribution is 5.95. The number of nitrogens with one attached hydrogen (secondary N) is 3. The molecular weight excluding hydrogens is 626 g/mol. The van der Waals surface area contributed by atoms with Crippen LogP contribution < -0.4 is 33.2 Å². The Labute approximate surface area is 288 Å². The summed E-state index contributed by atoms with van der Waals surface area (Å²) in [5, 5.41) is 18.0. The molecule has 49 heavy (non-hydrogen) atoms. The summed E-state index contributed by atoms with van der Waals surface area (Å²) in [5.74, 6) is -3.04. The molecule has 3 rings (SSSR count). The highest BCUT2D eigenvalue weighted by Crippen LogP contribution is 2.21. The lowest BCUT2D eigenvalue weighted by molar-refractivity contribution is -0.148. The molecule has 1 aliphatic heterocycles. The van der Waals surface area contributed by atoms with Crippen molar-refractivity contribution in [1.29, 1.82) is 0 Å². The quantitative estimate of drug-likeness (QED) is 0.111. The molecular formula is C36H53N7O6. The van der Waals surface area contributed by atoms with E-state index in [0.29, 0.717) is 25.8 Å². The van der Waals surface area contributed by atoms with Gasteiger partial charge in [0.2, 0.25) is 23.6 Å². The van der Waals surface area contributed by atoms with Gasteiger partial charge in [-0.15, -0.1) is 0 Å². The first-order valence-corrected chi connectivity index (χ1v) is 17.1. The van der Waals surface area contributed by atoms with Gasteiger partial charge in [-0.3, -0.25) is 24.0 Å². The number of carbonyl (C=O) groups is 5. The van der Waals surface area contributed by atoms with Crippen molar-refractivity contribution in [3.8, 4) is 0 Å². The van der Waals surface area contributed by atoms with E-state index in [1.165, 1.54) is 4.90 Å². The Morgan fingerprint density at radius 3 is 1.82 bits per heavy atom. The molecule has 1 saturated heterocycles. The number of nitrogens with zero attached hydrogens (tertiary/aromatic N) is 1. The van der Waals surface area contributed by atoms with Gasteiger partial charge in [0.15, 0.2) is 0 Å². The molecule has 0 aliphatic carbocycles. The van der Waals surface area contributed by atoms with Crippen molar-refractivity contribution in [2.45, 2.75) is 94.9 Å². The summed E-state index contributed by atoms with van der Waals surface area (Å²) in [4.78, 5) is 67.7. The summed E-state index contributed by atoms with van der Waals surface area (Å²) in [7, 11) is 0. The van der Waals surface area contributed by atoms with Gasteiger partial charge >= 0.3 is 5.97 Å². The third-order valence-corrected chi connectivity index (χ3v) is 8.85. The van der Waals surface area contributed by atoms with E-state index in [-0.39, 0.29) is 57.0 Å². The number of carbonyl (C=O) groups excluding carboxylic acids is 4. The molecule has 13 heteroatoms. The van der Waals surface area contributed by atoms with E-state index in [0.717, 1.165) is 11.1 Å². The van der Waals surface area contributed by atoms with Gasteiger partial charge in [0, 0.05) is 19.5 Å². The normalized spacial score (nSPS) is 16.6. The van der Waals surface area contributed by atoms with Gasteiger partial charge in [-0.25, -0.2) is 0 Å². The minimum absolute atomic E-state index is 0.000286. The molecule has 1 heterocycles. The fraction of sp³-hybridized carbons (Fsp3) is 0.528. The van der Waals surface area contributed by atoms with Gasteiger partial charge in [0.05, 0.1) is 6.04 Å². The van der Waals surface area contributed by atoms with Crippen LogP contribution in [0.4, 0.5) is 0 Å². The maximum Gasteiger partial charge on any atom is 0.323 e. The molecule has 13 nitrogen and oxygen atoms in total. The lowest BCUT2D eigenvalue weighted by atomic mass is 9.88. The first-order valence-electron chi connectivity index (χ1n) is 17.1. The van der Waals surface area contributed by atoms with E-state index in [1.807, 2.05) is 74.5 Å². The third kappa shape index (κ3) is 12.3. The molecule has 0 radical (unpaired) electrons. The van der Waals surface area contributed by atoms with Crippen LogP contribution in [0.1, 0.15) is 63.5 Å². The highest BCUT2D eigenvalue weighted by atomic mass is 16.4. The minimum atomic E-state index is -1.40. The van der Waals surface area contributed by atoms with Gasteiger partial charge < -0.3 is 43.2 Å². The molecule has 1 fully saturated rings. The second-order valence-corrected chi connectivity index (χ2v) is 13.4. The molecule has 268 valence electrons. The molecule has 0 aromatic heterocycles. The van der Waals surface area contributed by atoms with E-state index in [4.69, 9.17) is 17.2 Å². The molecule has 2 aromatic carbocycles. The second kappa shape index (κ2) is 19.0. The average Bonchev–Trinajstić information content (AvgIpc) is 3.07. The zero-order valence-corrected chi connectivity index (χ0v) is 28.6. The van der Waals surface area contributed by atoms with Crippen molar-refractivity contribution < 1.29 is 29.1 Å². The zero-order valence-electron chi connectivity index (χ0n) is 28.6. The molecule has 2 aromatic rings. The summed E-state index contributed by atoms with van der Waals surface area (Å²) in [6.07, 6.45) is 2.44. The smallest absolute Gasteiger partial charge is 0.323 e. The number of hydrogen-bond acceptors (Lipinski definition) is 8. The van der Waals surface area contributed by atoms with Crippen LogP contribution in [0.25, 0.3) is 0 Å². The number of aliphatic carboxylic acids is 1. The molecule has 0 bridgehead atoms. The topological polar surface area (TPSA) is 223 Å². The largest absolute Gasteiger partial charge is 0.480 e. The van der Waals surface area contributed by atoms with E-state index < -0.39 is 53.4 Å². The Hall–Kier alpha value is -4.33. The summed E-state index contributed by atoms with van der Waals surface area (Å²) >= 11 is 0. The number of carboxylic acid groups (broad SMARTS) is 1. The number of rotatable bonds is 18. The Kier molecular flexibility index (Phi) is 15.2. The predicted octanol–water partition coefficient (Wildman–Crippen LogP) is 0.833. The van der Waals surface area contributed by atoms with Crippen LogP contribution in [-0.4, -0.2) is 88.9 Å². The second-order valence-electron chi connectivity index (χ2n) is 13.4. The first-order chi connectivity index (χ1) is 23.3. The fourth-order valence-corrected chi connectivity index (χ4v) is 5.86. The number of hydrogen-bond donors (Lipinski definition) is 7. The number of piperidine rings is 1. The molecule has 4 amide bonds. The summed E-state index contributed by atoms with van der Waals surface area (Å²) in [6.45, 7) is 4.53. The van der Waals surface area contributed by atoms with Gasteiger partial charge in [-0.2, -0.15) is 0 Å². The van der Waals surface area contributed by atoms with Crippen LogP contribution in [0.2, 0.25) is 0 Å². The zero-order chi connectivity index (χ0) is 36.0. The van der Waals surface area contributed by atoms with Gasteiger partial charge in [-0.1, -0.05) is 74.5 Å². The highest BCUT2D eigenvalue weighted by Gasteiger charge is 2.40. The van der Waals surface area contributed by atoms with Crippen LogP contribution in [0, 0.1) is 5.92 Å². The van der Waals surface area contributed by atoms with E-state index in [9.17, 15) is 29.1 Å². The standard InChI is InChI=1S/C36H53N7O6/c1-24(2)21-29(32(45)40-28(15-9-10-18-37)34(47)43-19-16-36(39,17-20-43)35(48)49)42-33(46)30(23-26-13-7-4-8-14-26)41-31(44)27(38)22-25-11-5-3-6-12-25/h3-8,11-14,24,27-30H,9-10,15-23,37-39H2,1-2H3,(H,40,45)(H,41,44)(H,42,46)(H,48,49)/t27-,28+,29+,30+/m0/s1. The Morgan fingerprint density at radius 1 is 0.776 bits per heavy atom. The van der Waals surface area contributed by atoms with Crippen LogP contribution in [0.3, 0.4) is 0 Å². The lowest BCUT2D eigenvalue weighted by Crippen LogP contribution is -2.60. The third-order valence-electron chi connectivity index (χ3n) is 8.85. The summed E-state index contributed by atoms with van der Waals surface area (Å²) < 4.78 is 0. The molecule has 10 N–H and O–H groups in total. The first kappa shape index (κ1) is 39.1. The summed E-state index contributed by atoms with van der Waals surface area (Å²) in [5.41, 5.74) is 18.2. The predicted molar refractivity (Wildman–Crippen MR) is 187 cm³/mol. The van der Waals surface area contributed by atoms with Crippen LogP contribution in [0.15, 0.2) is 60.7 Å². The van der Waals surface area contributed by atoms with Gasteiger partial charge in [0.1, 0.15) is 23.7 Å². The lowest BCUT2D eigenvalue weighted by Gasteiger charge is -2.38.